The van der Waals surface area contributed by atoms with E-state index in [4.69, 9.17) is 0 Å². The van der Waals surface area contributed by atoms with Gasteiger partial charge in [0.25, 0.3) is 0 Å². The van der Waals surface area contributed by atoms with E-state index in [0.29, 0.717) is 10.0 Å². The van der Waals surface area contributed by atoms with E-state index in [2.05, 4.69) is 26.2 Å². The van der Waals surface area contributed by atoms with Crippen LogP contribution < -0.4 is 5.32 Å². The summed E-state index contributed by atoms with van der Waals surface area (Å²) in [5.41, 5.74) is 1.61. The fourth-order valence-corrected chi connectivity index (χ4v) is 3.45. The third kappa shape index (κ3) is 4.24. The van der Waals surface area contributed by atoms with Gasteiger partial charge in [-0.3, -0.25) is 4.79 Å². The van der Waals surface area contributed by atoms with Gasteiger partial charge >= 0.3 is 0 Å². The van der Waals surface area contributed by atoms with Crippen LogP contribution in [0.4, 0.5) is 4.39 Å². The first kappa shape index (κ1) is 15.8. The predicted molar refractivity (Wildman–Crippen MR) is 94.6 cm³/mol. The van der Waals surface area contributed by atoms with Gasteiger partial charge in [-0.2, -0.15) is 0 Å². The van der Waals surface area contributed by atoms with E-state index in [1.807, 2.05) is 24.3 Å². The summed E-state index contributed by atoms with van der Waals surface area (Å²) in [6.07, 6.45) is 3.12. The van der Waals surface area contributed by atoms with Gasteiger partial charge in [-0.05, 0) is 42.0 Å². The average molecular weight is 391 g/mol. The Hall–Kier alpha value is -2.05. The maximum absolute atomic E-state index is 13.3. The minimum Gasteiger partial charge on any atom is -0.348 e. The van der Waals surface area contributed by atoms with Gasteiger partial charge in [-0.1, -0.05) is 28.1 Å². The Labute approximate surface area is 145 Å². The summed E-state index contributed by atoms with van der Waals surface area (Å²) >= 11 is 4.75. The van der Waals surface area contributed by atoms with Crippen molar-refractivity contribution in [3.63, 3.8) is 0 Å². The van der Waals surface area contributed by atoms with Crippen LogP contribution in [0.15, 0.2) is 53.0 Å². The summed E-state index contributed by atoms with van der Waals surface area (Å²) in [7, 11) is 0. The van der Waals surface area contributed by atoms with Crippen LogP contribution in [0.25, 0.3) is 16.3 Å². The fraction of sp³-hybridized carbons (Fsp3) is 0.0588. The zero-order valence-electron chi connectivity index (χ0n) is 11.9. The summed E-state index contributed by atoms with van der Waals surface area (Å²) in [5.74, 6) is -0.585. The summed E-state index contributed by atoms with van der Waals surface area (Å²) in [6.45, 7) is 0.263. The minimum absolute atomic E-state index is 0.246. The second-order valence-electron chi connectivity index (χ2n) is 4.85. The number of carbonyl (C=O) groups is 1. The molecule has 0 fully saturated rings. The Morgan fingerprint density at radius 1 is 1.30 bits per heavy atom. The molecular weight excluding hydrogens is 379 g/mol. The molecule has 0 radical (unpaired) electrons. The molecule has 0 bridgehead atoms. The van der Waals surface area contributed by atoms with Gasteiger partial charge in [-0.25, -0.2) is 9.37 Å². The third-order valence-corrected chi connectivity index (χ3v) is 4.54. The van der Waals surface area contributed by atoms with Crippen molar-refractivity contribution in [3.05, 3.63) is 69.4 Å². The second-order valence-corrected chi connectivity index (χ2v) is 6.83. The molecule has 3 rings (SSSR count). The lowest BCUT2D eigenvalue weighted by atomic mass is 10.2. The number of benzene rings is 2. The van der Waals surface area contributed by atoms with Crippen LogP contribution in [0, 0.1) is 5.82 Å². The van der Waals surface area contributed by atoms with Crippen molar-refractivity contribution in [2.24, 2.45) is 0 Å². The molecule has 0 saturated carbocycles. The molecule has 1 aromatic heterocycles. The first-order chi connectivity index (χ1) is 11.1. The first-order valence-electron chi connectivity index (χ1n) is 6.86. The molecule has 3 nitrogen and oxygen atoms in total. The predicted octanol–water partition coefficient (Wildman–Crippen LogP) is 4.53. The lowest BCUT2D eigenvalue weighted by Crippen LogP contribution is -2.20. The summed E-state index contributed by atoms with van der Waals surface area (Å²) < 4.78 is 15.0. The molecule has 1 N–H and O–H groups in total. The number of thiazole rings is 1. The second kappa shape index (κ2) is 7.02. The number of halogens is 2. The van der Waals surface area contributed by atoms with Crippen LogP contribution >= 0.6 is 27.3 Å². The van der Waals surface area contributed by atoms with Crippen molar-refractivity contribution in [2.45, 2.75) is 6.54 Å². The number of para-hydroxylation sites is 1. The highest BCUT2D eigenvalue weighted by Crippen LogP contribution is 2.22. The number of carbonyl (C=O) groups excluding carboxylic acids is 1. The lowest BCUT2D eigenvalue weighted by Gasteiger charge is -2.03. The van der Waals surface area contributed by atoms with Gasteiger partial charge in [0.15, 0.2) is 0 Å². The summed E-state index contributed by atoms with van der Waals surface area (Å²) in [4.78, 5) is 16.3. The maximum Gasteiger partial charge on any atom is 0.244 e. The Kier molecular flexibility index (Phi) is 4.83. The van der Waals surface area contributed by atoms with Gasteiger partial charge in [0.2, 0.25) is 5.91 Å². The van der Waals surface area contributed by atoms with Crippen LogP contribution in [-0.4, -0.2) is 10.9 Å². The minimum atomic E-state index is -0.339. The third-order valence-electron chi connectivity index (χ3n) is 3.08. The van der Waals surface area contributed by atoms with E-state index < -0.39 is 0 Å². The van der Waals surface area contributed by atoms with E-state index in [-0.39, 0.29) is 18.3 Å². The van der Waals surface area contributed by atoms with Crippen LogP contribution in [0.3, 0.4) is 0 Å². The van der Waals surface area contributed by atoms with Crippen molar-refractivity contribution in [1.29, 1.82) is 0 Å². The molecule has 6 heteroatoms. The van der Waals surface area contributed by atoms with Crippen molar-refractivity contribution in [2.75, 3.05) is 0 Å². The van der Waals surface area contributed by atoms with Crippen LogP contribution in [0.1, 0.15) is 10.6 Å². The SMILES string of the molecule is O=C(/C=C/c1nc2ccccc2s1)NCc1cc(F)cc(Br)c1. The van der Waals surface area contributed by atoms with E-state index >= 15 is 0 Å². The number of aromatic nitrogens is 1. The normalized spacial score (nSPS) is 11.2. The van der Waals surface area contributed by atoms with Crippen LogP contribution in [-0.2, 0) is 11.3 Å². The highest BCUT2D eigenvalue weighted by Gasteiger charge is 2.03. The molecule has 0 aliphatic carbocycles. The largest absolute Gasteiger partial charge is 0.348 e. The zero-order chi connectivity index (χ0) is 16.2. The average Bonchev–Trinajstić information content (AvgIpc) is 2.93. The first-order valence-corrected chi connectivity index (χ1v) is 8.47. The molecule has 0 saturated heterocycles. The van der Waals surface area contributed by atoms with E-state index in [9.17, 15) is 9.18 Å². The number of nitrogens with one attached hydrogen (secondary N) is 1. The van der Waals surface area contributed by atoms with E-state index in [1.54, 1.807) is 12.1 Å². The highest BCUT2D eigenvalue weighted by atomic mass is 79.9. The smallest absolute Gasteiger partial charge is 0.244 e. The zero-order valence-corrected chi connectivity index (χ0v) is 14.3. The summed E-state index contributed by atoms with van der Waals surface area (Å²) in [5, 5.41) is 3.49. The Morgan fingerprint density at radius 3 is 2.91 bits per heavy atom. The van der Waals surface area contributed by atoms with Gasteiger partial charge in [0.1, 0.15) is 10.8 Å². The van der Waals surface area contributed by atoms with Crippen molar-refractivity contribution < 1.29 is 9.18 Å². The Morgan fingerprint density at radius 2 is 2.13 bits per heavy atom. The maximum atomic E-state index is 13.3. The number of nitrogens with zero attached hydrogens (tertiary/aromatic N) is 1. The van der Waals surface area contributed by atoms with Crippen molar-refractivity contribution in [3.8, 4) is 0 Å². The van der Waals surface area contributed by atoms with Gasteiger partial charge in [0.05, 0.1) is 10.2 Å². The highest BCUT2D eigenvalue weighted by molar-refractivity contribution is 9.10. The van der Waals surface area contributed by atoms with Gasteiger partial charge in [0, 0.05) is 17.1 Å². The van der Waals surface area contributed by atoms with Crippen LogP contribution in [0.2, 0.25) is 0 Å². The molecular formula is C17H12BrFN2OS. The number of hydrogen-bond acceptors (Lipinski definition) is 3. The topological polar surface area (TPSA) is 42.0 Å². The van der Waals surface area contributed by atoms with Crippen molar-refractivity contribution >= 4 is 49.5 Å². The Bertz CT molecular complexity index is 838. The Balaban J connectivity index is 1.62. The van der Waals surface area contributed by atoms with E-state index in [0.717, 1.165) is 15.2 Å². The molecule has 1 heterocycles. The molecule has 23 heavy (non-hydrogen) atoms. The standard InChI is InChI=1S/C17H12BrFN2OS/c18-12-7-11(8-13(19)9-12)10-20-16(22)5-6-17-21-14-3-1-2-4-15(14)23-17/h1-9H,10H2,(H,20,22)/b6-5+. The molecule has 0 aliphatic rings. The van der Waals surface area contributed by atoms with Crippen LogP contribution in [0.5, 0.6) is 0 Å². The molecule has 3 aromatic rings. The molecule has 0 unspecified atom stereocenters. The molecule has 116 valence electrons. The fourth-order valence-electron chi connectivity index (χ4n) is 2.07. The van der Waals surface area contributed by atoms with E-state index in [1.165, 1.54) is 29.5 Å². The lowest BCUT2D eigenvalue weighted by molar-refractivity contribution is -0.116. The number of hydrogen-bond donors (Lipinski definition) is 1. The number of fused-ring (bicyclic) bond motifs is 1. The number of rotatable bonds is 4. The van der Waals surface area contributed by atoms with Crippen molar-refractivity contribution in [1.82, 2.24) is 10.3 Å². The quantitative estimate of drug-likeness (QED) is 0.665. The molecule has 0 spiro atoms. The summed E-state index contributed by atoms with van der Waals surface area (Å²) in [6, 6.07) is 12.3. The molecule has 1 amide bonds. The van der Waals surface area contributed by atoms with Gasteiger partial charge < -0.3 is 5.32 Å². The number of amides is 1. The molecule has 2 aromatic carbocycles. The molecule has 0 atom stereocenters. The van der Waals surface area contributed by atoms with Gasteiger partial charge in [-0.15, -0.1) is 11.3 Å². The monoisotopic (exact) mass is 390 g/mol. The molecule has 0 aliphatic heterocycles.